The summed E-state index contributed by atoms with van der Waals surface area (Å²) in [5.41, 5.74) is 16.7. The van der Waals surface area contributed by atoms with Crippen molar-refractivity contribution in [1.29, 1.82) is 0 Å². The number of carbonyl (C=O) groups excluding carboxylic acids is 6. The SMILES string of the molecule is CC(C)C[C@H](N)C(=O)N[C@@H](CC(=O)O)C(=O)N1CCC[C@H]1C(=O)N[C@@H](CCC(=O)O)C(=O)N[C@H](C(=O)N[C@@H](CCCN=C(N)N)C(=O)N1CCC[C@H]1C(=O)O)C(C)C. The maximum Gasteiger partial charge on any atom is 0.326 e. The molecule has 0 aliphatic carbocycles. The summed E-state index contributed by atoms with van der Waals surface area (Å²) >= 11 is 0. The molecule has 0 radical (unpaired) electrons. The molecule has 0 aromatic heterocycles. The third-order valence-corrected chi connectivity index (χ3v) is 9.80. The van der Waals surface area contributed by atoms with E-state index in [1.165, 1.54) is 4.90 Å². The van der Waals surface area contributed by atoms with Gasteiger partial charge in [0.25, 0.3) is 0 Å². The van der Waals surface area contributed by atoms with Gasteiger partial charge < -0.3 is 63.6 Å². The van der Waals surface area contributed by atoms with Gasteiger partial charge in [0, 0.05) is 26.1 Å². The molecule has 7 atom stereocenters. The summed E-state index contributed by atoms with van der Waals surface area (Å²) in [7, 11) is 0. The van der Waals surface area contributed by atoms with Crippen LogP contribution in [0, 0.1) is 11.8 Å². The van der Waals surface area contributed by atoms with Gasteiger partial charge in [-0.05, 0) is 63.2 Å². The summed E-state index contributed by atoms with van der Waals surface area (Å²) < 4.78 is 0. The maximum absolute atomic E-state index is 13.8. The summed E-state index contributed by atoms with van der Waals surface area (Å²) in [6.07, 6.45) is -0.247. The Morgan fingerprint density at radius 3 is 1.81 bits per heavy atom. The zero-order chi connectivity index (χ0) is 43.9. The van der Waals surface area contributed by atoms with Gasteiger partial charge in [-0.2, -0.15) is 0 Å². The van der Waals surface area contributed by atoms with Crippen LogP contribution in [-0.4, -0.2) is 146 Å². The van der Waals surface area contributed by atoms with E-state index in [1.54, 1.807) is 13.8 Å². The van der Waals surface area contributed by atoms with E-state index in [0.717, 1.165) is 4.90 Å². The molecule has 13 N–H and O–H groups in total. The van der Waals surface area contributed by atoms with Crippen LogP contribution in [0.5, 0.6) is 0 Å². The Morgan fingerprint density at radius 2 is 1.28 bits per heavy atom. The fourth-order valence-corrected chi connectivity index (χ4v) is 6.87. The molecular weight excluding hydrogens is 764 g/mol. The summed E-state index contributed by atoms with van der Waals surface area (Å²) in [5.74, 6) is -9.55. The fourth-order valence-electron chi connectivity index (χ4n) is 6.87. The number of hydrogen-bond acceptors (Lipinski definition) is 11. The van der Waals surface area contributed by atoms with Crippen molar-refractivity contribution in [2.24, 2.45) is 34.0 Å². The lowest BCUT2D eigenvalue weighted by molar-refractivity contribution is -0.149. The molecule has 2 saturated heterocycles. The second-order valence-electron chi connectivity index (χ2n) is 15.3. The molecule has 0 bridgehead atoms. The monoisotopic (exact) mass is 824 g/mol. The molecule has 326 valence electrons. The molecule has 2 aliphatic heterocycles. The molecule has 6 amide bonds. The number of nitrogens with one attached hydrogen (secondary N) is 4. The minimum Gasteiger partial charge on any atom is -0.481 e. The van der Waals surface area contributed by atoms with E-state index in [4.69, 9.17) is 17.2 Å². The number of nitrogens with zero attached hydrogens (tertiary/aromatic N) is 3. The van der Waals surface area contributed by atoms with Gasteiger partial charge in [-0.1, -0.05) is 27.7 Å². The normalized spacial score (nSPS) is 19.0. The lowest BCUT2D eigenvalue weighted by Gasteiger charge is -2.31. The Kier molecular flexibility index (Phi) is 19.3. The third kappa shape index (κ3) is 15.1. The van der Waals surface area contributed by atoms with Gasteiger partial charge in [0.1, 0.15) is 36.3 Å². The van der Waals surface area contributed by atoms with Crippen LogP contribution in [0.25, 0.3) is 0 Å². The first kappa shape index (κ1) is 48.6. The van der Waals surface area contributed by atoms with Crippen molar-refractivity contribution in [3.8, 4) is 0 Å². The average Bonchev–Trinajstić information content (AvgIpc) is 3.83. The second-order valence-corrected chi connectivity index (χ2v) is 15.3. The zero-order valence-electron chi connectivity index (χ0n) is 33.5. The van der Waals surface area contributed by atoms with E-state index in [0.29, 0.717) is 12.8 Å². The summed E-state index contributed by atoms with van der Waals surface area (Å²) in [4.78, 5) is 122. The molecule has 2 heterocycles. The molecule has 2 rings (SSSR count). The van der Waals surface area contributed by atoms with Crippen LogP contribution in [0.3, 0.4) is 0 Å². The van der Waals surface area contributed by atoms with Gasteiger partial charge in [-0.25, -0.2) is 4.79 Å². The summed E-state index contributed by atoms with van der Waals surface area (Å²) in [5, 5.41) is 38.6. The highest BCUT2D eigenvalue weighted by Crippen LogP contribution is 2.22. The molecule has 2 aliphatic rings. The molecule has 0 unspecified atom stereocenters. The van der Waals surface area contributed by atoms with Crippen LogP contribution in [0.4, 0.5) is 0 Å². The van der Waals surface area contributed by atoms with Crippen LogP contribution >= 0.6 is 0 Å². The number of nitrogens with two attached hydrogens (primary N) is 3. The number of carbonyl (C=O) groups is 9. The van der Waals surface area contributed by atoms with E-state index in [2.05, 4.69) is 26.3 Å². The van der Waals surface area contributed by atoms with E-state index >= 15 is 0 Å². The first-order valence-electron chi connectivity index (χ1n) is 19.4. The van der Waals surface area contributed by atoms with Gasteiger partial charge in [0.05, 0.1) is 12.5 Å². The highest BCUT2D eigenvalue weighted by molar-refractivity contribution is 5.98. The minimum atomic E-state index is -1.56. The Balaban J connectivity index is 2.29. The lowest BCUT2D eigenvalue weighted by Crippen LogP contribution is -2.60. The molecule has 0 spiro atoms. The molecule has 0 saturated carbocycles. The van der Waals surface area contributed by atoms with Crippen LogP contribution in [0.15, 0.2) is 4.99 Å². The quantitative estimate of drug-likeness (QED) is 0.0287. The largest absolute Gasteiger partial charge is 0.481 e. The second kappa shape index (κ2) is 23.0. The number of aliphatic imine (C=N–C) groups is 1. The number of likely N-dealkylation sites (tertiary alicyclic amines) is 2. The van der Waals surface area contributed by atoms with Gasteiger partial charge in [-0.15, -0.1) is 0 Å². The molecule has 58 heavy (non-hydrogen) atoms. The van der Waals surface area contributed by atoms with Gasteiger partial charge >= 0.3 is 17.9 Å². The number of carboxylic acids is 3. The third-order valence-electron chi connectivity index (χ3n) is 9.80. The van der Waals surface area contributed by atoms with E-state index < -0.39 is 121 Å². The predicted octanol–water partition coefficient (Wildman–Crippen LogP) is -2.59. The van der Waals surface area contributed by atoms with Crippen molar-refractivity contribution in [1.82, 2.24) is 31.1 Å². The Hall–Kier alpha value is -5.54. The maximum atomic E-state index is 13.8. The number of hydrogen-bond donors (Lipinski definition) is 10. The van der Waals surface area contributed by atoms with E-state index in [9.17, 15) is 58.5 Å². The first-order valence-corrected chi connectivity index (χ1v) is 19.4. The first-order chi connectivity index (χ1) is 27.1. The van der Waals surface area contributed by atoms with Crippen molar-refractivity contribution in [2.45, 2.75) is 134 Å². The van der Waals surface area contributed by atoms with Crippen LogP contribution in [-0.2, 0) is 43.2 Å². The van der Waals surface area contributed by atoms with Crippen molar-refractivity contribution >= 4 is 59.3 Å². The van der Waals surface area contributed by atoms with Crippen LogP contribution < -0.4 is 38.5 Å². The molecule has 0 aromatic carbocycles. The number of carboxylic acid groups (broad SMARTS) is 3. The predicted molar refractivity (Wildman–Crippen MR) is 206 cm³/mol. The van der Waals surface area contributed by atoms with E-state index in [1.807, 2.05) is 13.8 Å². The Morgan fingerprint density at radius 1 is 0.707 bits per heavy atom. The standard InChI is InChI=1S/C36H60N10O12/c1-18(2)16-20(37)29(51)43-23(17-27(49)50)34(56)45-14-6-9-24(45)31(53)41-21(11-12-26(47)48)30(52)44-28(19(3)4)32(54)42-22(8-5-13-40-36(38)39)33(55)46-15-7-10-25(46)35(57)58/h18-25,28H,5-17,37H2,1-4H3,(H,41,53)(H,42,54)(H,43,51)(H,44,52)(H,47,48)(H,49,50)(H,57,58)(H4,38,39,40)/t20-,21-,22-,23-,24-,25-,28-/m0/s1. The molecule has 0 aromatic rings. The summed E-state index contributed by atoms with van der Waals surface area (Å²) in [6, 6.07) is -8.99. The van der Waals surface area contributed by atoms with Crippen molar-refractivity contribution < 1.29 is 58.5 Å². The smallest absolute Gasteiger partial charge is 0.326 e. The highest BCUT2D eigenvalue weighted by Gasteiger charge is 2.41. The van der Waals surface area contributed by atoms with Crippen LogP contribution in [0.2, 0.25) is 0 Å². The molecule has 22 nitrogen and oxygen atoms in total. The van der Waals surface area contributed by atoms with Crippen molar-refractivity contribution in [3.05, 3.63) is 0 Å². The highest BCUT2D eigenvalue weighted by atomic mass is 16.4. The fraction of sp³-hybridized carbons (Fsp3) is 0.722. The zero-order valence-corrected chi connectivity index (χ0v) is 33.5. The van der Waals surface area contributed by atoms with Gasteiger partial charge in [-0.3, -0.25) is 43.3 Å². The van der Waals surface area contributed by atoms with Crippen LogP contribution in [0.1, 0.15) is 91.9 Å². The Labute approximate surface area is 336 Å². The molecule has 2 fully saturated rings. The Bertz CT molecular complexity index is 1550. The number of guanidine groups is 1. The average molecular weight is 825 g/mol. The number of amides is 6. The van der Waals surface area contributed by atoms with Gasteiger partial charge in [0.15, 0.2) is 5.96 Å². The molecular formula is C36H60N10O12. The van der Waals surface area contributed by atoms with Gasteiger partial charge in [0.2, 0.25) is 35.4 Å². The topological polar surface area (TPSA) is 359 Å². The summed E-state index contributed by atoms with van der Waals surface area (Å²) in [6.45, 7) is 7.11. The lowest BCUT2D eigenvalue weighted by atomic mass is 10.0. The number of rotatable bonds is 23. The van der Waals surface area contributed by atoms with Crippen molar-refractivity contribution in [2.75, 3.05) is 19.6 Å². The van der Waals surface area contributed by atoms with E-state index in [-0.39, 0.29) is 63.6 Å². The molecule has 22 heteroatoms. The number of aliphatic carboxylic acids is 3. The minimum absolute atomic E-state index is 0.0125. The van der Waals surface area contributed by atoms with Crippen molar-refractivity contribution in [3.63, 3.8) is 0 Å².